The van der Waals surface area contributed by atoms with E-state index in [2.05, 4.69) is 16.0 Å². The molecule has 0 aliphatic carbocycles. The molecule has 3 heterocycles. The molecule has 4 aromatic rings. The number of thiophene rings is 1. The summed E-state index contributed by atoms with van der Waals surface area (Å²) in [6.07, 6.45) is 0. The largest absolute Gasteiger partial charge is 0.332 e. The lowest BCUT2D eigenvalue weighted by molar-refractivity contribution is 0.606. The highest BCUT2D eigenvalue weighted by Gasteiger charge is 2.17. The summed E-state index contributed by atoms with van der Waals surface area (Å²) in [5.74, 6) is 0.624. The number of fused-ring (bicyclic) bond motifs is 2. The van der Waals surface area contributed by atoms with Crippen LogP contribution in [-0.4, -0.2) is 19.1 Å². The van der Waals surface area contributed by atoms with Gasteiger partial charge in [-0.3, -0.25) is 13.9 Å². The molecule has 0 amide bonds. The number of aryl methyl sites for hydroxylation is 1. The van der Waals surface area contributed by atoms with Crippen LogP contribution in [0.1, 0.15) is 13.8 Å². The highest BCUT2D eigenvalue weighted by atomic mass is 32.1. The van der Waals surface area contributed by atoms with Crippen molar-refractivity contribution in [2.45, 2.75) is 26.9 Å². The van der Waals surface area contributed by atoms with Gasteiger partial charge in [0, 0.05) is 17.8 Å². The van der Waals surface area contributed by atoms with E-state index in [1.54, 1.807) is 18.3 Å². The van der Waals surface area contributed by atoms with Crippen LogP contribution in [0.4, 0.5) is 0 Å². The molecule has 0 atom stereocenters. The third-order valence-corrected chi connectivity index (χ3v) is 5.28. The van der Waals surface area contributed by atoms with Gasteiger partial charge in [0.2, 0.25) is 0 Å². The van der Waals surface area contributed by atoms with Crippen LogP contribution in [0.5, 0.6) is 0 Å². The quantitative estimate of drug-likeness (QED) is 0.623. The van der Waals surface area contributed by atoms with Gasteiger partial charge in [-0.05, 0) is 31.4 Å². The summed E-state index contributed by atoms with van der Waals surface area (Å²) in [6, 6.07) is 10.1. The molecule has 122 valence electrons. The number of aromatic nitrogens is 4. The number of nitrogens with one attached hydrogen (secondary N) is 1. The van der Waals surface area contributed by atoms with Crippen molar-refractivity contribution in [3.8, 4) is 10.7 Å². The van der Waals surface area contributed by atoms with Crippen molar-refractivity contribution in [3.05, 3.63) is 51.2 Å². The van der Waals surface area contributed by atoms with Crippen molar-refractivity contribution in [1.82, 2.24) is 19.1 Å². The summed E-state index contributed by atoms with van der Waals surface area (Å²) in [5.41, 5.74) is 0.171. The molecule has 6 nitrogen and oxygen atoms in total. The van der Waals surface area contributed by atoms with E-state index >= 15 is 0 Å². The minimum absolute atomic E-state index is 0.313. The Bertz CT molecular complexity index is 1150. The molecule has 0 spiro atoms. The molecular formula is C17H16N4O2S. The first kappa shape index (κ1) is 14.9. The molecule has 0 fully saturated rings. The maximum atomic E-state index is 12.5. The molecule has 7 heteroatoms. The zero-order chi connectivity index (χ0) is 16.8. The van der Waals surface area contributed by atoms with E-state index < -0.39 is 0 Å². The van der Waals surface area contributed by atoms with Gasteiger partial charge in [0.1, 0.15) is 5.52 Å². The number of nitrogens with zero attached hydrogens (tertiary/aromatic N) is 3. The van der Waals surface area contributed by atoms with Gasteiger partial charge >= 0.3 is 5.69 Å². The van der Waals surface area contributed by atoms with E-state index in [0.717, 1.165) is 15.0 Å². The smallest absolute Gasteiger partial charge is 0.331 e. The number of aromatic amines is 1. The van der Waals surface area contributed by atoms with Gasteiger partial charge in [0.25, 0.3) is 5.56 Å². The van der Waals surface area contributed by atoms with Crippen molar-refractivity contribution in [2.24, 2.45) is 0 Å². The zero-order valence-electron chi connectivity index (χ0n) is 13.4. The molecule has 0 aliphatic heterocycles. The van der Waals surface area contributed by atoms with Crippen LogP contribution in [0.15, 0.2) is 39.9 Å². The van der Waals surface area contributed by atoms with Crippen LogP contribution in [-0.2, 0) is 13.1 Å². The van der Waals surface area contributed by atoms with E-state index in [1.807, 2.05) is 31.2 Å². The minimum atomic E-state index is -0.318. The second kappa shape index (κ2) is 5.45. The Hall–Kier alpha value is -2.67. The standard InChI is InChI=1S/C17H16N4O2S/c1-3-20-15-13(16(22)21(4-2)17(20)23)18-14(19-15)12-9-10-7-5-6-8-11(10)24-12/h5-9H,3-4H2,1-2H3,(H,18,19). The normalized spacial score (nSPS) is 11.6. The van der Waals surface area contributed by atoms with Gasteiger partial charge in [0.15, 0.2) is 11.5 Å². The SMILES string of the molecule is CCn1c(=O)c2[nH]c(-c3cc4ccccc4s3)nc2n(CC)c1=O. The lowest BCUT2D eigenvalue weighted by atomic mass is 10.2. The Morgan fingerprint density at radius 2 is 1.88 bits per heavy atom. The van der Waals surface area contributed by atoms with Crippen molar-refractivity contribution in [1.29, 1.82) is 0 Å². The molecule has 3 aromatic heterocycles. The Labute approximate surface area is 141 Å². The lowest BCUT2D eigenvalue weighted by Gasteiger charge is -2.06. The Kier molecular flexibility index (Phi) is 3.38. The van der Waals surface area contributed by atoms with E-state index in [9.17, 15) is 9.59 Å². The number of imidazole rings is 1. The Morgan fingerprint density at radius 3 is 2.58 bits per heavy atom. The van der Waals surface area contributed by atoms with Gasteiger partial charge in [0.05, 0.1) is 4.88 Å². The summed E-state index contributed by atoms with van der Waals surface area (Å²) in [7, 11) is 0. The Balaban J connectivity index is 2.03. The van der Waals surface area contributed by atoms with Gasteiger partial charge in [-0.2, -0.15) is 0 Å². The first-order chi connectivity index (χ1) is 11.6. The highest BCUT2D eigenvalue weighted by Crippen LogP contribution is 2.32. The number of benzene rings is 1. The predicted octanol–water partition coefficient (Wildman–Crippen LogP) is 2.81. The molecule has 0 saturated carbocycles. The van der Waals surface area contributed by atoms with E-state index in [-0.39, 0.29) is 11.2 Å². The maximum absolute atomic E-state index is 12.5. The summed E-state index contributed by atoms with van der Waals surface area (Å²) in [5, 5.41) is 1.14. The van der Waals surface area contributed by atoms with Crippen LogP contribution in [0.2, 0.25) is 0 Å². The average Bonchev–Trinajstić information content (AvgIpc) is 3.19. The number of rotatable bonds is 3. The number of H-pyrrole nitrogens is 1. The van der Waals surface area contributed by atoms with Crippen LogP contribution >= 0.6 is 11.3 Å². The molecule has 0 radical (unpaired) electrons. The van der Waals surface area contributed by atoms with Crippen molar-refractivity contribution < 1.29 is 0 Å². The van der Waals surface area contributed by atoms with Crippen LogP contribution < -0.4 is 11.2 Å². The fourth-order valence-corrected chi connectivity index (χ4v) is 3.95. The van der Waals surface area contributed by atoms with Crippen LogP contribution in [0.3, 0.4) is 0 Å². The third kappa shape index (κ3) is 2.05. The molecule has 0 unspecified atom stereocenters. The zero-order valence-corrected chi connectivity index (χ0v) is 14.2. The summed E-state index contributed by atoms with van der Waals surface area (Å²) in [6.45, 7) is 4.47. The second-order valence-corrected chi connectivity index (χ2v) is 6.59. The van der Waals surface area contributed by atoms with Gasteiger partial charge in [-0.1, -0.05) is 18.2 Å². The van der Waals surface area contributed by atoms with Crippen LogP contribution in [0.25, 0.3) is 32.0 Å². The minimum Gasteiger partial charge on any atom is -0.331 e. The monoisotopic (exact) mass is 340 g/mol. The number of hydrogen-bond donors (Lipinski definition) is 1. The first-order valence-electron chi connectivity index (χ1n) is 7.86. The van der Waals surface area contributed by atoms with Gasteiger partial charge in [-0.15, -0.1) is 11.3 Å². The predicted molar refractivity (Wildman–Crippen MR) is 96.8 cm³/mol. The van der Waals surface area contributed by atoms with Crippen molar-refractivity contribution in [2.75, 3.05) is 0 Å². The van der Waals surface area contributed by atoms with E-state index in [0.29, 0.717) is 30.1 Å². The molecule has 1 aromatic carbocycles. The average molecular weight is 340 g/mol. The summed E-state index contributed by atoms with van der Waals surface area (Å²) in [4.78, 5) is 33.6. The molecule has 0 bridgehead atoms. The molecule has 4 rings (SSSR count). The topological polar surface area (TPSA) is 72.7 Å². The molecular weight excluding hydrogens is 324 g/mol. The highest BCUT2D eigenvalue weighted by molar-refractivity contribution is 7.22. The second-order valence-electron chi connectivity index (χ2n) is 5.51. The number of hydrogen-bond acceptors (Lipinski definition) is 4. The molecule has 0 saturated heterocycles. The molecule has 0 aliphatic rings. The van der Waals surface area contributed by atoms with Gasteiger partial charge in [-0.25, -0.2) is 9.78 Å². The molecule has 24 heavy (non-hydrogen) atoms. The van der Waals surface area contributed by atoms with Crippen LogP contribution in [0, 0.1) is 0 Å². The molecule has 1 N–H and O–H groups in total. The van der Waals surface area contributed by atoms with Crippen molar-refractivity contribution in [3.63, 3.8) is 0 Å². The Morgan fingerprint density at radius 1 is 1.12 bits per heavy atom. The van der Waals surface area contributed by atoms with Gasteiger partial charge < -0.3 is 4.98 Å². The fraction of sp³-hybridized carbons (Fsp3) is 0.235. The maximum Gasteiger partial charge on any atom is 0.332 e. The van der Waals surface area contributed by atoms with E-state index in [4.69, 9.17) is 0 Å². The van der Waals surface area contributed by atoms with Crippen molar-refractivity contribution >= 4 is 32.6 Å². The summed E-state index contributed by atoms with van der Waals surface area (Å²) >= 11 is 1.61. The lowest BCUT2D eigenvalue weighted by Crippen LogP contribution is -2.39. The fourth-order valence-electron chi connectivity index (χ4n) is 2.95. The third-order valence-electron chi connectivity index (χ3n) is 4.15. The first-order valence-corrected chi connectivity index (χ1v) is 8.68. The van der Waals surface area contributed by atoms with E-state index in [1.165, 1.54) is 9.13 Å². The summed E-state index contributed by atoms with van der Waals surface area (Å²) < 4.78 is 3.93.